The van der Waals surface area contributed by atoms with Crippen LogP contribution in [0.25, 0.3) is 0 Å². The number of nitrogens with zero attached hydrogens (tertiary/aromatic N) is 1. The zero-order chi connectivity index (χ0) is 15.9. The van der Waals surface area contributed by atoms with Gasteiger partial charge < -0.3 is 9.84 Å². The van der Waals surface area contributed by atoms with Crippen LogP contribution in [0, 0.1) is 5.92 Å². The number of phenolic OH excluding ortho intramolecular Hbond substituents is 1. The van der Waals surface area contributed by atoms with Crippen molar-refractivity contribution in [1.29, 1.82) is 0 Å². The van der Waals surface area contributed by atoms with Gasteiger partial charge in [0, 0.05) is 5.56 Å². The third-order valence-corrected chi connectivity index (χ3v) is 5.13. The molecule has 0 bridgehead atoms. The zero-order valence-corrected chi connectivity index (χ0v) is 14.2. The Labute approximate surface area is 133 Å². The van der Waals surface area contributed by atoms with Crippen molar-refractivity contribution < 1.29 is 14.4 Å². The zero-order valence-electron chi connectivity index (χ0n) is 14.2. The highest BCUT2D eigenvalue weighted by atomic mass is 16.5. The van der Waals surface area contributed by atoms with E-state index in [2.05, 4.69) is 44.7 Å². The monoisotopic (exact) mass is 302 g/mol. The van der Waals surface area contributed by atoms with Crippen LogP contribution < -0.4 is 4.74 Å². The number of rotatable bonds is 4. The second kappa shape index (κ2) is 5.60. The molecule has 1 aromatic rings. The molecule has 0 amide bonds. The quantitative estimate of drug-likeness (QED) is 0.679. The van der Waals surface area contributed by atoms with Crippen LogP contribution in [-0.4, -0.2) is 35.1 Å². The molecule has 1 N–H and O–H groups in total. The molecule has 0 saturated carbocycles. The van der Waals surface area contributed by atoms with E-state index in [4.69, 9.17) is 4.74 Å². The molecular weight excluding hydrogens is 274 g/mol. The number of hydrogen-bond acceptors (Lipinski definition) is 2. The second-order valence-corrected chi connectivity index (χ2v) is 7.41. The summed E-state index contributed by atoms with van der Waals surface area (Å²) in [6.45, 7) is 7.48. The Kier molecular flexibility index (Phi) is 3.92. The van der Waals surface area contributed by atoms with Crippen molar-refractivity contribution in [3.8, 4) is 11.5 Å². The normalized spacial score (nSPS) is 25.2. The molecule has 2 aliphatic rings. The largest absolute Gasteiger partial charge is 0.508 e. The highest BCUT2D eigenvalue weighted by Gasteiger charge is 2.50. The van der Waals surface area contributed by atoms with Gasteiger partial charge in [0.05, 0.1) is 11.8 Å². The third kappa shape index (κ3) is 2.62. The van der Waals surface area contributed by atoms with Gasteiger partial charge in [-0.15, -0.1) is 0 Å². The number of ether oxygens (including phenoxy) is 1. The van der Waals surface area contributed by atoms with Crippen LogP contribution in [0.2, 0.25) is 0 Å². The Bertz CT molecular complexity index is 604. The molecule has 3 nitrogen and oxygen atoms in total. The predicted molar refractivity (Wildman–Crippen MR) is 89.4 cm³/mol. The molecule has 2 heterocycles. The van der Waals surface area contributed by atoms with Crippen molar-refractivity contribution >= 4 is 6.21 Å². The smallest absolute Gasteiger partial charge is 0.150 e. The summed E-state index contributed by atoms with van der Waals surface area (Å²) in [4.78, 5) is 0. The summed E-state index contributed by atoms with van der Waals surface area (Å²) in [5.41, 5.74) is 1.97. The lowest BCUT2D eigenvalue weighted by atomic mass is 9.75. The van der Waals surface area contributed by atoms with Gasteiger partial charge in [-0.3, -0.25) is 0 Å². The second-order valence-electron chi connectivity index (χ2n) is 7.41. The van der Waals surface area contributed by atoms with Crippen molar-refractivity contribution in [2.75, 3.05) is 13.6 Å². The van der Waals surface area contributed by atoms with Gasteiger partial charge in [-0.05, 0) is 44.4 Å². The van der Waals surface area contributed by atoms with Crippen molar-refractivity contribution in [3.05, 3.63) is 23.3 Å². The lowest BCUT2D eigenvalue weighted by molar-refractivity contribution is -0.486. The van der Waals surface area contributed by atoms with Gasteiger partial charge in [0.25, 0.3) is 0 Å². The predicted octanol–water partition coefficient (Wildman–Crippen LogP) is 3.72. The first-order chi connectivity index (χ1) is 10.4. The highest BCUT2D eigenvalue weighted by Crippen LogP contribution is 2.50. The van der Waals surface area contributed by atoms with Crippen LogP contribution in [0.1, 0.15) is 57.1 Å². The first-order valence-electron chi connectivity index (χ1n) is 8.52. The number of fused-ring (bicyclic) bond motifs is 3. The van der Waals surface area contributed by atoms with Gasteiger partial charge >= 0.3 is 0 Å². The van der Waals surface area contributed by atoms with Crippen LogP contribution in [0.5, 0.6) is 11.5 Å². The average Bonchev–Trinajstić information content (AvgIpc) is 2.80. The van der Waals surface area contributed by atoms with E-state index in [1.165, 1.54) is 24.8 Å². The Hall–Kier alpha value is -1.51. The molecule has 1 aromatic carbocycles. The van der Waals surface area contributed by atoms with Crippen molar-refractivity contribution in [1.82, 2.24) is 0 Å². The molecule has 3 rings (SSSR count). The van der Waals surface area contributed by atoms with Crippen LogP contribution in [-0.2, 0) is 6.42 Å². The standard InChI is InChI=1S/C19H27NO2/c1-5-6-7-8-13-9-16(21)18-14-11-20(4)12-15(14)19(2,3)22-17(18)10-13/h9-10,12,14-15H,5-8,11H2,1-4H3/p+1/t14-,15-/m1/s1. The van der Waals surface area contributed by atoms with Crippen LogP contribution >= 0.6 is 0 Å². The average molecular weight is 302 g/mol. The molecule has 2 atom stereocenters. The maximum absolute atomic E-state index is 10.6. The number of phenols is 1. The fourth-order valence-electron chi connectivity index (χ4n) is 4.00. The molecule has 0 spiro atoms. The molecule has 0 fully saturated rings. The molecule has 3 heteroatoms. The first kappa shape index (κ1) is 15.4. The molecule has 0 aliphatic carbocycles. The molecule has 0 saturated heterocycles. The fraction of sp³-hybridized carbons (Fsp3) is 0.632. The summed E-state index contributed by atoms with van der Waals surface area (Å²) in [7, 11) is 2.10. The number of aryl methyl sites for hydroxylation is 1. The molecule has 0 radical (unpaired) electrons. The minimum atomic E-state index is -0.225. The molecular formula is C19H28NO2+. The van der Waals surface area contributed by atoms with E-state index >= 15 is 0 Å². The van der Waals surface area contributed by atoms with E-state index in [9.17, 15) is 5.11 Å². The number of likely N-dealkylation sites (N-methyl/N-ethyl adjacent to an activating group) is 1. The maximum atomic E-state index is 10.6. The molecule has 0 aromatic heterocycles. The lowest BCUT2D eigenvalue weighted by Gasteiger charge is -2.39. The van der Waals surface area contributed by atoms with E-state index in [0.717, 1.165) is 24.3 Å². The minimum absolute atomic E-state index is 0.225. The van der Waals surface area contributed by atoms with Crippen LogP contribution in [0.15, 0.2) is 12.1 Å². The summed E-state index contributed by atoms with van der Waals surface area (Å²) in [5.74, 6) is 1.95. The highest BCUT2D eigenvalue weighted by molar-refractivity contribution is 5.66. The first-order valence-corrected chi connectivity index (χ1v) is 8.52. The molecule has 22 heavy (non-hydrogen) atoms. The van der Waals surface area contributed by atoms with E-state index in [1.807, 2.05) is 6.07 Å². The maximum Gasteiger partial charge on any atom is 0.150 e. The minimum Gasteiger partial charge on any atom is -0.508 e. The van der Waals surface area contributed by atoms with Crippen LogP contribution in [0.4, 0.5) is 0 Å². The van der Waals surface area contributed by atoms with Gasteiger partial charge in [-0.1, -0.05) is 19.8 Å². The van der Waals surface area contributed by atoms with Gasteiger partial charge in [0.15, 0.2) is 0 Å². The summed E-state index contributed by atoms with van der Waals surface area (Å²) >= 11 is 0. The van der Waals surface area contributed by atoms with Gasteiger partial charge in [0.2, 0.25) is 0 Å². The van der Waals surface area contributed by atoms with E-state index in [0.29, 0.717) is 17.6 Å². The lowest BCUT2D eigenvalue weighted by Crippen LogP contribution is -2.44. The molecule has 0 unspecified atom stereocenters. The van der Waals surface area contributed by atoms with Crippen LogP contribution in [0.3, 0.4) is 0 Å². The number of hydrogen-bond donors (Lipinski definition) is 1. The Morgan fingerprint density at radius 2 is 2.09 bits per heavy atom. The van der Waals surface area contributed by atoms with Gasteiger partial charge in [-0.2, -0.15) is 0 Å². The van der Waals surface area contributed by atoms with E-state index in [-0.39, 0.29) is 5.60 Å². The van der Waals surface area contributed by atoms with Crippen molar-refractivity contribution in [2.24, 2.45) is 5.92 Å². The number of benzene rings is 1. The fourth-order valence-corrected chi connectivity index (χ4v) is 4.00. The topological polar surface area (TPSA) is 32.5 Å². The number of unbranched alkanes of at least 4 members (excludes halogenated alkanes) is 2. The Balaban J connectivity index is 1.95. The van der Waals surface area contributed by atoms with E-state index < -0.39 is 0 Å². The summed E-state index contributed by atoms with van der Waals surface area (Å²) in [5, 5.41) is 10.6. The SMILES string of the molecule is CCCCCc1cc(O)c2c(c1)OC(C)(C)[C@@H]1C=[N+](C)C[C@@H]21. The summed E-state index contributed by atoms with van der Waals surface area (Å²) < 4.78 is 8.52. The summed E-state index contributed by atoms with van der Waals surface area (Å²) in [6.07, 6.45) is 6.88. The third-order valence-electron chi connectivity index (χ3n) is 5.13. The number of aromatic hydroxyl groups is 1. The van der Waals surface area contributed by atoms with Crippen molar-refractivity contribution in [3.63, 3.8) is 0 Å². The Morgan fingerprint density at radius 3 is 2.82 bits per heavy atom. The van der Waals surface area contributed by atoms with E-state index in [1.54, 1.807) is 0 Å². The van der Waals surface area contributed by atoms with Gasteiger partial charge in [0.1, 0.15) is 36.9 Å². The summed E-state index contributed by atoms with van der Waals surface area (Å²) in [6, 6.07) is 4.10. The molecule has 2 aliphatic heterocycles. The molecule has 120 valence electrons. The van der Waals surface area contributed by atoms with Gasteiger partial charge in [-0.25, -0.2) is 4.58 Å². The van der Waals surface area contributed by atoms with Crippen molar-refractivity contribution in [2.45, 2.75) is 58.0 Å². The Morgan fingerprint density at radius 1 is 1.32 bits per heavy atom.